The molecule has 3 rings (SSSR count). The van der Waals surface area contributed by atoms with Crippen LogP contribution in [0.3, 0.4) is 0 Å². The Morgan fingerprint density at radius 3 is 2.33 bits per heavy atom. The molecule has 0 amide bonds. The number of rotatable bonds is 6. The molecule has 0 radical (unpaired) electrons. The van der Waals surface area contributed by atoms with Gasteiger partial charge in [-0.1, -0.05) is 63.2 Å². The molecule has 4 nitrogen and oxygen atoms in total. The predicted octanol–water partition coefficient (Wildman–Crippen LogP) is 4.90. The summed E-state index contributed by atoms with van der Waals surface area (Å²) in [6.45, 7) is 6.63. The van der Waals surface area contributed by atoms with Gasteiger partial charge in [0.1, 0.15) is 5.82 Å². The van der Waals surface area contributed by atoms with Gasteiger partial charge in [-0.25, -0.2) is 0 Å². The quantitative estimate of drug-likeness (QED) is 0.679. The van der Waals surface area contributed by atoms with Gasteiger partial charge in [0.05, 0.1) is 0 Å². The average Bonchev–Trinajstić information content (AvgIpc) is 3.04. The van der Waals surface area contributed by atoms with Gasteiger partial charge in [-0.15, -0.1) is 5.10 Å². The van der Waals surface area contributed by atoms with E-state index in [9.17, 15) is 0 Å². The molecule has 24 heavy (non-hydrogen) atoms. The van der Waals surface area contributed by atoms with E-state index in [1.807, 2.05) is 30.3 Å². The van der Waals surface area contributed by atoms with E-state index < -0.39 is 0 Å². The number of aromatic amines is 1. The monoisotopic (exact) mass is 320 g/mol. The summed E-state index contributed by atoms with van der Waals surface area (Å²) in [5, 5.41) is 10.5. The van der Waals surface area contributed by atoms with Crippen molar-refractivity contribution < 1.29 is 0 Å². The van der Waals surface area contributed by atoms with E-state index in [4.69, 9.17) is 0 Å². The van der Waals surface area contributed by atoms with Gasteiger partial charge in [-0.3, -0.25) is 5.10 Å². The molecular formula is C20H24N4. The van der Waals surface area contributed by atoms with Crippen molar-refractivity contribution >= 4 is 11.6 Å². The molecule has 1 atom stereocenters. The summed E-state index contributed by atoms with van der Waals surface area (Å²) < 4.78 is 0. The SMILES string of the molecule is CC(C)Cc1ccc(C(C)c2nc(Nc3ccccc3)n[nH]2)cc1. The van der Waals surface area contributed by atoms with Crippen LogP contribution in [0.4, 0.5) is 11.6 Å². The number of nitrogens with zero attached hydrogens (tertiary/aromatic N) is 2. The van der Waals surface area contributed by atoms with Crippen LogP contribution < -0.4 is 5.32 Å². The van der Waals surface area contributed by atoms with Crippen LogP contribution in [-0.2, 0) is 6.42 Å². The van der Waals surface area contributed by atoms with E-state index in [0.29, 0.717) is 11.9 Å². The van der Waals surface area contributed by atoms with Gasteiger partial charge in [0.25, 0.3) is 0 Å². The first-order valence-electron chi connectivity index (χ1n) is 8.45. The first kappa shape index (κ1) is 16.2. The molecule has 0 saturated heterocycles. The Morgan fingerprint density at radius 1 is 0.958 bits per heavy atom. The van der Waals surface area contributed by atoms with Crippen molar-refractivity contribution in [3.63, 3.8) is 0 Å². The van der Waals surface area contributed by atoms with Gasteiger partial charge >= 0.3 is 0 Å². The summed E-state index contributed by atoms with van der Waals surface area (Å²) >= 11 is 0. The van der Waals surface area contributed by atoms with Crippen LogP contribution in [-0.4, -0.2) is 15.2 Å². The van der Waals surface area contributed by atoms with Gasteiger partial charge in [0.15, 0.2) is 0 Å². The number of anilines is 2. The van der Waals surface area contributed by atoms with Crippen LogP contribution >= 0.6 is 0 Å². The molecule has 0 fully saturated rings. The lowest BCUT2D eigenvalue weighted by molar-refractivity contribution is 0.647. The van der Waals surface area contributed by atoms with Gasteiger partial charge in [0.2, 0.25) is 5.95 Å². The molecule has 1 aromatic heterocycles. The molecule has 4 heteroatoms. The van der Waals surface area contributed by atoms with Crippen molar-refractivity contribution in [2.24, 2.45) is 5.92 Å². The van der Waals surface area contributed by atoms with Crippen molar-refractivity contribution in [2.45, 2.75) is 33.1 Å². The maximum absolute atomic E-state index is 4.57. The highest BCUT2D eigenvalue weighted by Crippen LogP contribution is 2.23. The van der Waals surface area contributed by atoms with E-state index in [2.05, 4.69) is 65.5 Å². The second-order valence-electron chi connectivity index (χ2n) is 6.60. The van der Waals surface area contributed by atoms with E-state index in [1.165, 1.54) is 11.1 Å². The Labute approximate surface area is 143 Å². The largest absolute Gasteiger partial charge is 0.323 e. The molecule has 0 bridgehead atoms. The van der Waals surface area contributed by atoms with E-state index in [-0.39, 0.29) is 5.92 Å². The molecule has 2 N–H and O–H groups in total. The lowest BCUT2D eigenvalue weighted by atomic mass is 9.96. The number of aromatic nitrogens is 3. The molecule has 1 unspecified atom stereocenters. The summed E-state index contributed by atoms with van der Waals surface area (Å²) in [7, 11) is 0. The molecule has 2 aromatic carbocycles. The van der Waals surface area contributed by atoms with Gasteiger partial charge in [0, 0.05) is 11.6 Å². The third-order valence-corrected chi connectivity index (χ3v) is 4.07. The third-order valence-electron chi connectivity index (χ3n) is 4.07. The zero-order chi connectivity index (χ0) is 16.9. The molecule has 0 saturated carbocycles. The average molecular weight is 320 g/mol. The Kier molecular flexibility index (Phi) is 4.94. The van der Waals surface area contributed by atoms with Crippen molar-refractivity contribution in [3.8, 4) is 0 Å². The smallest absolute Gasteiger partial charge is 0.246 e. The second-order valence-corrected chi connectivity index (χ2v) is 6.60. The lowest BCUT2D eigenvalue weighted by Crippen LogP contribution is -2.00. The van der Waals surface area contributed by atoms with Gasteiger partial charge in [-0.2, -0.15) is 4.98 Å². The number of nitrogens with one attached hydrogen (secondary N) is 2. The lowest BCUT2D eigenvalue weighted by Gasteiger charge is -2.10. The highest BCUT2D eigenvalue weighted by atomic mass is 15.3. The minimum atomic E-state index is 0.178. The maximum Gasteiger partial charge on any atom is 0.246 e. The maximum atomic E-state index is 4.57. The number of benzene rings is 2. The van der Waals surface area contributed by atoms with Crippen LogP contribution in [0.2, 0.25) is 0 Å². The van der Waals surface area contributed by atoms with Gasteiger partial charge in [-0.05, 0) is 35.6 Å². The molecular weight excluding hydrogens is 296 g/mol. The molecule has 124 valence electrons. The molecule has 0 aliphatic rings. The number of H-pyrrole nitrogens is 1. The third kappa shape index (κ3) is 4.02. The standard InChI is InChI=1S/C20H24N4/c1-14(2)13-16-9-11-17(12-10-16)15(3)19-22-20(24-23-19)21-18-7-5-4-6-8-18/h4-12,14-15H,13H2,1-3H3,(H2,21,22,23,24). The Balaban J connectivity index is 1.70. The highest BCUT2D eigenvalue weighted by Gasteiger charge is 2.13. The van der Waals surface area contributed by atoms with Crippen LogP contribution in [0.15, 0.2) is 54.6 Å². The number of para-hydroxylation sites is 1. The summed E-state index contributed by atoms with van der Waals surface area (Å²) in [4.78, 5) is 4.57. The normalized spacial score (nSPS) is 12.3. The molecule has 1 heterocycles. The number of hydrogen-bond acceptors (Lipinski definition) is 3. The Morgan fingerprint density at radius 2 is 1.67 bits per heavy atom. The summed E-state index contributed by atoms with van der Waals surface area (Å²) in [5.74, 6) is 2.32. The Hall–Kier alpha value is -2.62. The summed E-state index contributed by atoms with van der Waals surface area (Å²) in [6, 6.07) is 18.7. The molecule has 3 aromatic rings. The van der Waals surface area contributed by atoms with Crippen molar-refractivity contribution in [1.29, 1.82) is 0 Å². The molecule has 0 spiro atoms. The summed E-state index contributed by atoms with van der Waals surface area (Å²) in [5.41, 5.74) is 3.60. The fraction of sp³-hybridized carbons (Fsp3) is 0.300. The first-order valence-corrected chi connectivity index (χ1v) is 8.45. The van der Waals surface area contributed by atoms with Crippen LogP contribution in [0.5, 0.6) is 0 Å². The van der Waals surface area contributed by atoms with Crippen molar-refractivity contribution in [1.82, 2.24) is 15.2 Å². The van der Waals surface area contributed by atoms with E-state index >= 15 is 0 Å². The fourth-order valence-electron chi connectivity index (χ4n) is 2.75. The zero-order valence-corrected chi connectivity index (χ0v) is 14.5. The first-order chi connectivity index (χ1) is 11.6. The van der Waals surface area contributed by atoms with E-state index in [1.54, 1.807) is 0 Å². The minimum Gasteiger partial charge on any atom is -0.323 e. The van der Waals surface area contributed by atoms with Crippen molar-refractivity contribution in [3.05, 3.63) is 71.5 Å². The molecule has 0 aliphatic heterocycles. The predicted molar refractivity (Wildman–Crippen MR) is 98.6 cm³/mol. The Bertz CT molecular complexity index is 760. The minimum absolute atomic E-state index is 0.178. The molecule has 0 aliphatic carbocycles. The van der Waals surface area contributed by atoms with Crippen LogP contribution in [0, 0.1) is 5.92 Å². The topological polar surface area (TPSA) is 53.6 Å². The number of hydrogen-bond donors (Lipinski definition) is 2. The van der Waals surface area contributed by atoms with Crippen LogP contribution in [0.1, 0.15) is 43.6 Å². The van der Waals surface area contributed by atoms with Crippen LogP contribution in [0.25, 0.3) is 0 Å². The van der Waals surface area contributed by atoms with Crippen molar-refractivity contribution in [2.75, 3.05) is 5.32 Å². The zero-order valence-electron chi connectivity index (χ0n) is 14.5. The van der Waals surface area contributed by atoms with E-state index in [0.717, 1.165) is 17.9 Å². The fourth-order valence-corrected chi connectivity index (χ4v) is 2.75. The van der Waals surface area contributed by atoms with Gasteiger partial charge < -0.3 is 5.32 Å². The highest BCUT2D eigenvalue weighted by molar-refractivity contribution is 5.52. The summed E-state index contributed by atoms with van der Waals surface area (Å²) in [6.07, 6.45) is 1.11. The second kappa shape index (κ2) is 7.30.